The van der Waals surface area contributed by atoms with E-state index in [1.165, 1.54) is 0 Å². The fourth-order valence-electron chi connectivity index (χ4n) is 1.76. The number of anilines is 1. The minimum Gasteiger partial charge on any atom is -0.441 e. The molecule has 0 atom stereocenters. The largest absolute Gasteiger partial charge is 0.441 e. The second kappa shape index (κ2) is 3.57. The molecular weight excluding hydrogens is 188 g/mol. The van der Waals surface area contributed by atoms with E-state index in [9.17, 15) is 0 Å². The van der Waals surface area contributed by atoms with E-state index in [0.717, 1.165) is 46.6 Å². The van der Waals surface area contributed by atoms with Crippen LogP contribution in [0.2, 0.25) is 0 Å². The van der Waals surface area contributed by atoms with Crippen molar-refractivity contribution in [2.75, 3.05) is 5.73 Å². The zero-order chi connectivity index (χ0) is 11.0. The zero-order valence-electron chi connectivity index (χ0n) is 9.42. The predicted octanol–water partition coefficient (Wildman–Crippen LogP) is 2.98. The van der Waals surface area contributed by atoms with Crippen molar-refractivity contribution in [2.45, 2.75) is 33.6 Å². The van der Waals surface area contributed by atoms with Gasteiger partial charge in [-0.2, -0.15) is 0 Å². The van der Waals surface area contributed by atoms with Crippen LogP contribution in [0.4, 0.5) is 5.69 Å². The van der Waals surface area contributed by atoms with Crippen molar-refractivity contribution in [1.29, 1.82) is 0 Å². The van der Waals surface area contributed by atoms with E-state index < -0.39 is 0 Å². The van der Waals surface area contributed by atoms with Gasteiger partial charge in [-0.15, -0.1) is 0 Å². The number of nitrogens with zero attached hydrogens (tertiary/aromatic N) is 1. The molecule has 0 saturated carbocycles. The van der Waals surface area contributed by atoms with Gasteiger partial charge in [0.1, 0.15) is 5.52 Å². The number of nitrogens with two attached hydrogens (primary N) is 1. The molecule has 0 aliphatic rings. The lowest BCUT2D eigenvalue weighted by Crippen LogP contribution is -1.94. The summed E-state index contributed by atoms with van der Waals surface area (Å²) in [6.45, 7) is 6.09. The van der Waals surface area contributed by atoms with Gasteiger partial charge in [-0.1, -0.05) is 6.92 Å². The number of hydrogen-bond donors (Lipinski definition) is 1. The maximum atomic E-state index is 5.95. The molecule has 15 heavy (non-hydrogen) atoms. The molecular formula is C12H16N2O. The van der Waals surface area contributed by atoms with Gasteiger partial charge < -0.3 is 10.2 Å². The van der Waals surface area contributed by atoms with E-state index >= 15 is 0 Å². The fraction of sp³-hybridized carbons (Fsp3) is 0.417. The first kappa shape index (κ1) is 10.0. The quantitative estimate of drug-likeness (QED) is 0.765. The van der Waals surface area contributed by atoms with Crippen molar-refractivity contribution in [3.8, 4) is 0 Å². The number of fused-ring (bicyclic) bond motifs is 1. The Labute approximate surface area is 89.3 Å². The fourth-order valence-corrected chi connectivity index (χ4v) is 1.76. The maximum absolute atomic E-state index is 5.95. The Hall–Kier alpha value is -1.51. The highest BCUT2D eigenvalue weighted by Crippen LogP contribution is 2.27. The van der Waals surface area contributed by atoms with E-state index in [-0.39, 0.29) is 0 Å². The Balaban J connectivity index is 2.65. The van der Waals surface area contributed by atoms with Crippen molar-refractivity contribution < 1.29 is 4.42 Å². The molecule has 0 saturated heterocycles. The third-order valence-corrected chi connectivity index (χ3v) is 2.69. The second-order valence-electron chi connectivity index (χ2n) is 3.94. The molecule has 0 spiro atoms. The average Bonchev–Trinajstić information content (AvgIpc) is 2.58. The summed E-state index contributed by atoms with van der Waals surface area (Å²) in [6.07, 6.45) is 1.92. The number of benzene rings is 1. The van der Waals surface area contributed by atoms with Gasteiger partial charge in [0.05, 0.1) is 0 Å². The standard InChI is InChI=1S/C12H16N2O/c1-4-5-10-14-12-8(3)11(13)7(2)6-9(12)15-10/h6H,4-5,13H2,1-3H3. The molecule has 2 N–H and O–H groups in total. The maximum Gasteiger partial charge on any atom is 0.195 e. The lowest BCUT2D eigenvalue weighted by atomic mass is 10.1. The zero-order valence-corrected chi connectivity index (χ0v) is 9.42. The normalized spacial score (nSPS) is 11.1. The van der Waals surface area contributed by atoms with Gasteiger partial charge >= 0.3 is 0 Å². The van der Waals surface area contributed by atoms with Crippen LogP contribution in [0, 0.1) is 13.8 Å². The van der Waals surface area contributed by atoms with Crippen LogP contribution in [0.1, 0.15) is 30.4 Å². The van der Waals surface area contributed by atoms with E-state index in [4.69, 9.17) is 10.2 Å². The SMILES string of the molecule is CCCc1nc2c(C)c(N)c(C)cc2o1. The van der Waals surface area contributed by atoms with Gasteiger partial charge in [0.2, 0.25) is 0 Å². The lowest BCUT2D eigenvalue weighted by Gasteiger charge is -2.02. The third-order valence-electron chi connectivity index (χ3n) is 2.69. The Morgan fingerprint density at radius 2 is 2.13 bits per heavy atom. The van der Waals surface area contributed by atoms with E-state index in [1.807, 2.05) is 19.9 Å². The monoisotopic (exact) mass is 204 g/mol. The Morgan fingerprint density at radius 3 is 2.80 bits per heavy atom. The molecule has 1 aromatic carbocycles. The topological polar surface area (TPSA) is 52.0 Å². The molecule has 80 valence electrons. The number of rotatable bonds is 2. The third kappa shape index (κ3) is 1.58. The number of oxazole rings is 1. The van der Waals surface area contributed by atoms with Crippen LogP contribution >= 0.6 is 0 Å². The minimum atomic E-state index is 0.806. The van der Waals surface area contributed by atoms with Gasteiger partial charge in [-0.3, -0.25) is 0 Å². The van der Waals surface area contributed by atoms with Crippen molar-refractivity contribution in [3.63, 3.8) is 0 Å². The van der Waals surface area contributed by atoms with Gasteiger partial charge in [-0.05, 0) is 31.9 Å². The van der Waals surface area contributed by atoms with Crippen LogP contribution in [0.15, 0.2) is 10.5 Å². The highest BCUT2D eigenvalue weighted by Gasteiger charge is 2.11. The Morgan fingerprint density at radius 1 is 1.40 bits per heavy atom. The molecule has 2 rings (SSSR count). The summed E-state index contributed by atoms with van der Waals surface area (Å²) in [6, 6.07) is 1.96. The van der Waals surface area contributed by atoms with Crippen LogP contribution in [-0.2, 0) is 6.42 Å². The predicted molar refractivity (Wildman–Crippen MR) is 61.9 cm³/mol. The van der Waals surface area contributed by atoms with Crippen molar-refractivity contribution >= 4 is 16.8 Å². The minimum absolute atomic E-state index is 0.806. The van der Waals surface area contributed by atoms with Gasteiger partial charge in [0.15, 0.2) is 11.5 Å². The second-order valence-corrected chi connectivity index (χ2v) is 3.94. The van der Waals surface area contributed by atoms with Crippen molar-refractivity contribution in [2.24, 2.45) is 0 Å². The molecule has 1 heterocycles. The summed E-state index contributed by atoms with van der Waals surface area (Å²) in [4.78, 5) is 4.46. The summed E-state index contributed by atoms with van der Waals surface area (Å²) in [7, 11) is 0. The molecule has 0 radical (unpaired) electrons. The summed E-state index contributed by atoms with van der Waals surface area (Å²) in [5.74, 6) is 0.806. The lowest BCUT2D eigenvalue weighted by molar-refractivity contribution is 0.525. The van der Waals surface area contributed by atoms with Crippen molar-refractivity contribution in [3.05, 3.63) is 23.1 Å². The molecule has 0 amide bonds. The number of nitrogen functional groups attached to an aromatic ring is 1. The van der Waals surface area contributed by atoms with Crippen LogP contribution in [0.3, 0.4) is 0 Å². The summed E-state index contributed by atoms with van der Waals surface area (Å²) in [5.41, 5.74) is 10.6. The molecule has 2 aromatic rings. The highest BCUT2D eigenvalue weighted by atomic mass is 16.3. The van der Waals surface area contributed by atoms with E-state index in [0.29, 0.717) is 0 Å². The highest BCUT2D eigenvalue weighted by molar-refractivity contribution is 5.83. The van der Waals surface area contributed by atoms with E-state index in [2.05, 4.69) is 11.9 Å². The Bertz CT molecular complexity index is 500. The Kier molecular flexibility index (Phi) is 2.39. The first-order valence-electron chi connectivity index (χ1n) is 5.28. The molecule has 1 aromatic heterocycles. The number of hydrogen-bond acceptors (Lipinski definition) is 3. The number of aromatic nitrogens is 1. The molecule has 0 unspecified atom stereocenters. The molecule has 3 heteroatoms. The molecule has 0 aliphatic heterocycles. The summed E-state index contributed by atoms with van der Waals surface area (Å²) < 4.78 is 5.66. The average molecular weight is 204 g/mol. The van der Waals surface area contributed by atoms with Crippen LogP contribution in [0.5, 0.6) is 0 Å². The van der Waals surface area contributed by atoms with E-state index in [1.54, 1.807) is 0 Å². The first-order chi connectivity index (χ1) is 7.13. The molecule has 0 bridgehead atoms. The van der Waals surface area contributed by atoms with Crippen LogP contribution < -0.4 is 5.73 Å². The summed E-state index contributed by atoms with van der Waals surface area (Å²) >= 11 is 0. The van der Waals surface area contributed by atoms with Gasteiger partial charge in [-0.25, -0.2) is 4.98 Å². The van der Waals surface area contributed by atoms with Gasteiger partial charge in [0, 0.05) is 17.7 Å². The number of aryl methyl sites for hydroxylation is 3. The van der Waals surface area contributed by atoms with Crippen LogP contribution in [-0.4, -0.2) is 4.98 Å². The summed E-state index contributed by atoms with van der Waals surface area (Å²) in [5, 5.41) is 0. The van der Waals surface area contributed by atoms with Crippen molar-refractivity contribution in [1.82, 2.24) is 4.98 Å². The first-order valence-corrected chi connectivity index (χ1v) is 5.28. The van der Waals surface area contributed by atoms with Crippen LogP contribution in [0.25, 0.3) is 11.1 Å². The molecule has 3 nitrogen and oxygen atoms in total. The molecule has 0 fully saturated rings. The smallest absolute Gasteiger partial charge is 0.195 e. The molecule has 0 aliphatic carbocycles. The van der Waals surface area contributed by atoms with Gasteiger partial charge in [0.25, 0.3) is 0 Å².